The Labute approximate surface area is 103 Å². The van der Waals surface area contributed by atoms with E-state index >= 15 is 0 Å². The molecule has 3 nitrogen and oxygen atoms in total. The lowest BCUT2D eigenvalue weighted by Gasteiger charge is -2.18. The lowest BCUT2D eigenvalue weighted by atomic mass is 10.1. The van der Waals surface area contributed by atoms with Gasteiger partial charge in [0.1, 0.15) is 17.6 Å². The number of hydrogen-bond acceptors (Lipinski definition) is 3. The first-order valence-electron chi connectivity index (χ1n) is 6.29. The first-order chi connectivity index (χ1) is 8.33. The number of benzene rings is 1. The standard InChI is InChI=1S/C14H21NO2/c1-15-10-9-14(11-3-4-11)17-13-7-5-12(16-2)6-8-13/h5-8,11,14-15H,3-4,9-10H2,1-2H3. The molecule has 1 N–H and O–H groups in total. The molecule has 1 aromatic rings. The van der Waals surface area contributed by atoms with Gasteiger partial charge in [0.2, 0.25) is 0 Å². The molecule has 1 unspecified atom stereocenters. The van der Waals surface area contributed by atoms with Crippen LogP contribution in [0.15, 0.2) is 24.3 Å². The van der Waals surface area contributed by atoms with Crippen molar-refractivity contribution < 1.29 is 9.47 Å². The van der Waals surface area contributed by atoms with Gasteiger partial charge in [-0.1, -0.05) is 0 Å². The fourth-order valence-electron chi connectivity index (χ4n) is 1.97. The summed E-state index contributed by atoms with van der Waals surface area (Å²) in [7, 11) is 3.66. The third-order valence-electron chi connectivity index (χ3n) is 3.17. The summed E-state index contributed by atoms with van der Waals surface area (Å²) >= 11 is 0. The molecular weight excluding hydrogens is 214 g/mol. The van der Waals surface area contributed by atoms with E-state index in [2.05, 4.69) is 5.32 Å². The van der Waals surface area contributed by atoms with Crippen molar-refractivity contribution >= 4 is 0 Å². The highest BCUT2D eigenvalue weighted by molar-refractivity contribution is 5.31. The summed E-state index contributed by atoms with van der Waals surface area (Å²) in [6.45, 7) is 1.01. The first kappa shape index (κ1) is 12.2. The van der Waals surface area contributed by atoms with Crippen molar-refractivity contribution in [2.24, 2.45) is 5.92 Å². The SMILES string of the molecule is CNCCC(Oc1ccc(OC)cc1)C1CC1. The van der Waals surface area contributed by atoms with Crippen LogP contribution in [0, 0.1) is 5.92 Å². The highest BCUT2D eigenvalue weighted by Gasteiger charge is 2.32. The minimum atomic E-state index is 0.357. The molecule has 1 aliphatic rings. The number of nitrogens with one attached hydrogen (secondary N) is 1. The molecule has 1 aromatic carbocycles. The predicted molar refractivity (Wildman–Crippen MR) is 68.7 cm³/mol. The van der Waals surface area contributed by atoms with E-state index in [4.69, 9.17) is 9.47 Å². The van der Waals surface area contributed by atoms with Gasteiger partial charge in [-0.25, -0.2) is 0 Å². The minimum Gasteiger partial charge on any atom is -0.497 e. The van der Waals surface area contributed by atoms with Crippen LogP contribution in [0.1, 0.15) is 19.3 Å². The van der Waals surface area contributed by atoms with Crippen molar-refractivity contribution in [2.75, 3.05) is 20.7 Å². The summed E-state index contributed by atoms with van der Waals surface area (Å²) in [6, 6.07) is 7.84. The molecule has 0 bridgehead atoms. The summed E-state index contributed by atoms with van der Waals surface area (Å²) < 4.78 is 11.2. The van der Waals surface area contributed by atoms with Crippen molar-refractivity contribution in [2.45, 2.75) is 25.4 Å². The molecule has 0 heterocycles. The third-order valence-corrected chi connectivity index (χ3v) is 3.17. The van der Waals surface area contributed by atoms with E-state index in [0.29, 0.717) is 6.10 Å². The Hall–Kier alpha value is -1.22. The lowest BCUT2D eigenvalue weighted by Crippen LogP contribution is -2.24. The summed E-state index contributed by atoms with van der Waals surface area (Å²) in [6.07, 6.45) is 4.05. The van der Waals surface area contributed by atoms with Crippen LogP contribution in [0.2, 0.25) is 0 Å². The molecule has 0 spiro atoms. The fraction of sp³-hybridized carbons (Fsp3) is 0.571. The molecule has 0 saturated heterocycles. The zero-order valence-electron chi connectivity index (χ0n) is 10.6. The van der Waals surface area contributed by atoms with Crippen LogP contribution in [0.5, 0.6) is 11.5 Å². The maximum Gasteiger partial charge on any atom is 0.120 e. The molecular formula is C14H21NO2. The highest BCUT2D eigenvalue weighted by atomic mass is 16.5. The topological polar surface area (TPSA) is 30.5 Å². The quantitative estimate of drug-likeness (QED) is 0.787. The maximum atomic E-state index is 6.04. The van der Waals surface area contributed by atoms with Crippen LogP contribution in [0.25, 0.3) is 0 Å². The van der Waals surface area contributed by atoms with Crippen molar-refractivity contribution in [1.82, 2.24) is 5.32 Å². The van der Waals surface area contributed by atoms with Crippen molar-refractivity contribution in [3.63, 3.8) is 0 Å². The van der Waals surface area contributed by atoms with E-state index < -0.39 is 0 Å². The molecule has 0 radical (unpaired) electrons. The molecule has 1 aliphatic carbocycles. The molecule has 94 valence electrons. The summed E-state index contributed by atoms with van der Waals surface area (Å²) in [5.74, 6) is 2.57. The van der Waals surface area contributed by atoms with Gasteiger partial charge >= 0.3 is 0 Å². The van der Waals surface area contributed by atoms with Gasteiger partial charge in [0.05, 0.1) is 7.11 Å². The Balaban J connectivity index is 1.91. The number of methoxy groups -OCH3 is 1. The molecule has 0 aliphatic heterocycles. The zero-order chi connectivity index (χ0) is 12.1. The second-order valence-electron chi connectivity index (χ2n) is 4.56. The summed E-state index contributed by atoms with van der Waals surface area (Å²) in [5, 5.41) is 3.18. The molecule has 2 rings (SSSR count). The molecule has 1 saturated carbocycles. The second-order valence-corrected chi connectivity index (χ2v) is 4.56. The number of rotatable bonds is 7. The molecule has 1 atom stereocenters. The van der Waals surface area contributed by atoms with Crippen LogP contribution in [0.3, 0.4) is 0 Å². The normalized spacial score (nSPS) is 16.6. The van der Waals surface area contributed by atoms with E-state index in [1.807, 2.05) is 31.3 Å². The number of hydrogen-bond donors (Lipinski definition) is 1. The highest BCUT2D eigenvalue weighted by Crippen LogP contribution is 2.36. The molecule has 0 aromatic heterocycles. The smallest absolute Gasteiger partial charge is 0.120 e. The van der Waals surface area contributed by atoms with Gasteiger partial charge in [-0.2, -0.15) is 0 Å². The van der Waals surface area contributed by atoms with E-state index in [0.717, 1.165) is 30.4 Å². The Morgan fingerprint density at radius 3 is 2.41 bits per heavy atom. The monoisotopic (exact) mass is 235 g/mol. The van der Waals surface area contributed by atoms with Gasteiger partial charge in [0, 0.05) is 0 Å². The maximum absolute atomic E-state index is 6.04. The summed E-state index contributed by atoms with van der Waals surface area (Å²) in [4.78, 5) is 0. The average Bonchev–Trinajstić information content (AvgIpc) is 3.19. The molecule has 17 heavy (non-hydrogen) atoms. The Bertz CT molecular complexity index is 333. The fourth-order valence-corrected chi connectivity index (χ4v) is 1.97. The Morgan fingerprint density at radius 2 is 1.88 bits per heavy atom. The van der Waals surface area contributed by atoms with Crippen LogP contribution < -0.4 is 14.8 Å². The Kier molecular flexibility index (Phi) is 4.26. The van der Waals surface area contributed by atoms with E-state index in [1.54, 1.807) is 7.11 Å². The van der Waals surface area contributed by atoms with Gasteiger partial charge in [-0.3, -0.25) is 0 Å². The van der Waals surface area contributed by atoms with Crippen LogP contribution in [0.4, 0.5) is 0 Å². The van der Waals surface area contributed by atoms with Crippen molar-refractivity contribution in [3.8, 4) is 11.5 Å². The van der Waals surface area contributed by atoms with E-state index in [-0.39, 0.29) is 0 Å². The third kappa shape index (κ3) is 3.63. The minimum absolute atomic E-state index is 0.357. The second kappa shape index (κ2) is 5.92. The van der Waals surface area contributed by atoms with Gasteiger partial charge in [-0.05, 0) is 63.0 Å². The largest absolute Gasteiger partial charge is 0.497 e. The van der Waals surface area contributed by atoms with Gasteiger partial charge in [0.15, 0.2) is 0 Å². The van der Waals surface area contributed by atoms with Gasteiger partial charge in [0.25, 0.3) is 0 Å². The van der Waals surface area contributed by atoms with Gasteiger partial charge < -0.3 is 14.8 Å². The van der Waals surface area contributed by atoms with Crippen molar-refractivity contribution in [3.05, 3.63) is 24.3 Å². The van der Waals surface area contributed by atoms with Gasteiger partial charge in [-0.15, -0.1) is 0 Å². The van der Waals surface area contributed by atoms with Crippen LogP contribution >= 0.6 is 0 Å². The summed E-state index contributed by atoms with van der Waals surface area (Å²) in [5.41, 5.74) is 0. The van der Waals surface area contributed by atoms with Crippen LogP contribution in [-0.2, 0) is 0 Å². The molecule has 3 heteroatoms. The average molecular weight is 235 g/mol. The van der Waals surface area contributed by atoms with E-state index in [1.165, 1.54) is 12.8 Å². The number of ether oxygens (including phenoxy) is 2. The van der Waals surface area contributed by atoms with E-state index in [9.17, 15) is 0 Å². The molecule has 1 fully saturated rings. The Morgan fingerprint density at radius 1 is 1.24 bits per heavy atom. The zero-order valence-corrected chi connectivity index (χ0v) is 10.6. The van der Waals surface area contributed by atoms with Crippen molar-refractivity contribution in [1.29, 1.82) is 0 Å². The predicted octanol–water partition coefficient (Wildman–Crippen LogP) is 2.46. The van der Waals surface area contributed by atoms with Crippen LogP contribution in [-0.4, -0.2) is 26.8 Å². The first-order valence-corrected chi connectivity index (χ1v) is 6.29. The molecule has 0 amide bonds. The lowest BCUT2D eigenvalue weighted by molar-refractivity contribution is 0.168.